The van der Waals surface area contributed by atoms with E-state index in [1.807, 2.05) is 0 Å². The molecule has 0 aromatic heterocycles. The molecule has 0 aromatic rings. The molecule has 6 radical (unpaired) electrons. The molecule has 0 rings (SSSR count). The molecule has 0 saturated carbocycles. The summed E-state index contributed by atoms with van der Waals surface area (Å²) in [6, 6.07) is 0. The van der Waals surface area contributed by atoms with E-state index < -0.39 is 0 Å². The van der Waals surface area contributed by atoms with Crippen molar-refractivity contribution < 1.29 is 39.9 Å². The molecule has 0 N–H and O–H groups in total. The molecule has 0 bridgehead atoms. The van der Waals surface area contributed by atoms with Crippen LogP contribution in [-0.4, -0.2) is 71.7 Å². The van der Waals surface area contributed by atoms with Crippen LogP contribution in [-0.2, 0) is 0 Å². The summed E-state index contributed by atoms with van der Waals surface area (Å²) in [6.07, 6.45) is 0. The Kier molecular flexibility index (Phi) is 100. The molecule has 0 aliphatic carbocycles. The van der Waals surface area contributed by atoms with Gasteiger partial charge in [0.2, 0.25) is 0 Å². The second-order valence-corrected chi connectivity index (χ2v) is 0. The summed E-state index contributed by atoms with van der Waals surface area (Å²) in [5.41, 5.74) is 0. The number of rotatable bonds is 0. The summed E-state index contributed by atoms with van der Waals surface area (Å²) in [5.74, 6) is 0. The molecule has 4 heteroatoms. The van der Waals surface area contributed by atoms with Crippen LogP contribution in [0.15, 0.2) is 0 Å². The van der Waals surface area contributed by atoms with Crippen LogP contribution < -0.4 is 0 Å². The molecule has 26 valence electrons. The average molecular weight is 519 g/mol. The first-order valence-corrected chi connectivity index (χ1v) is 0. The van der Waals surface area contributed by atoms with Crippen molar-refractivity contribution >= 4 is 71.7 Å². The summed E-state index contributed by atoms with van der Waals surface area (Å²) in [6.45, 7) is 0. The van der Waals surface area contributed by atoms with Crippen molar-refractivity contribution in [1.82, 2.24) is 0 Å². The van der Waals surface area contributed by atoms with Gasteiger partial charge >= 0.3 is 71.7 Å². The first-order valence-electron chi connectivity index (χ1n) is 0. The van der Waals surface area contributed by atoms with Crippen molar-refractivity contribution in [3.63, 3.8) is 0 Å². The van der Waals surface area contributed by atoms with E-state index in [9.17, 15) is 0 Å². The van der Waals surface area contributed by atoms with Gasteiger partial charge in [0.05, 0.1) is 0 Å². The van der Waals surface area contributed by atoms with Gasteiger partial charge in [-0.1, -0.05) is 0 Å². The third-order valence-corrected chi connectivity index (χ3v) is 0. The molecule has 0 atom stereocenters. The molecule has 0 saturated heterocycles. The van der Waals surface area contributed by atoms with Gasteiger partial charge in [-0.2, -0.15) is 0 Å². The van der Waals surface area contributed by atoms with Gasteiger partial charge in [0.1, 0.15) is 0 Å². The first kappa shape index (κ1) is 25.2. The second kappa shape index (κ2) is 15.9. The van der Waals surface area contributed by atoms with Crippen molar-refractivity contribution in [2.45, 2.75) is 0 Å². The van der Waals surface area contributed by atoms with E-state index in [1.54, 1.807) is 0 Å². The van der Waals surface area contributed by atoms with E-state index in [2.05, 4.69) is 0 Å². The van der Waals surface area contributed by atoms with Gasteiger partial charge in [0, 0.05) is 39.9 Å². The summed E-state index contributed by atoms with van der Waals surface area (Å²) in [5, 5.41) is 0. The van der Waals surface area contributed by atoms with Crippen molar-refractivity contribution in [2.24, 2.45) is 0 Å². The van der Waals surface area contributed by atoms with Gasteiger partial charge in [-0.25, -0.2) is 0 Å². The summed E-state index contributed by atoms with van der Waals surface area (Å²) < 4.78 is 0. The molecular weight excluding hydrogens is 513 g/mol. The second-order valence-electron chi connectivity index (χ2n) is 0. The van der Waals surface area contributed by atoms with Crippen molar-refractivity contribution in [2.75, 3.05) is 0 Å². The van der Waals surface area contributed by atoms with Crippen LogP contribution in [0.2, 0.25) is 0 Å². The normalized spacial score (nSPS) is 0. The fourth-order valence-electron chi connectivity index (χ4n) is 0. The van der Waals surface area contributed by atoms with Crippen LogP contribution in [0.3, 0.4) is 0 Å². The van der Waals surface area contributed by atoms with Gasteiger partial charge in [-0.05, 0) is 0 Å². The third kappa shape index (κ3) is 9.21. The zero-order chi connectivity index (χ0) is 0. The number of hydrogen-bond acceptors (Lipinski definition) is 0. The number of hydrogen-bond donors (Lipinski definition) is 0. The Bertz CT molecular complexity index is 3.25. The van der Waals surface area contributed by atoms with Gasteiger partial charge in [-0.3, -0.25) is 0 Å². The van der Waals surface area contributed by atoms with E-state index in [4.69, 9.17) is 0 Å². The Morgan fingerprint density at radius 1 is 0.500 bits per heavy atom. The molecule has 0 unspecified atom stereocenters. The molecule has 0 aliphatic heterocycles. The maximum absolute atomic E-state index is 0. The molecule has 4 heavy (non-hydrogen) atoms. The molecule has 0 aromatic carbocycles. The first-order chi connectivity index (χ1) is 0. The van der Waals surface area contributed by atoms with Crippen LogP contribution in [0.5, 0.6) is 0 Å². The van der Waals surface area contributed by atoms with Gasteiger partial charge in [-0.15, -0.1) is 0 Å². The molecule has 0 heterocycles. The standard InChI is InChI=1S/Gd.3Sn.6H. The average Bonchev–Trinajstić information content (AvgIpc) is 0. The summed E-state index contributed by atoms with van der Waals surface area (Å²) in [4.78, 5) is 0. The van der Waals surface area contributed by atoms with Crippen molar-refractivity contribution in [3.05, 3.63) is 0 Å². The van der Waals surface area contributed by atoms with Crippen LogP contribution in [0.1, 0.15) is 0 Å². The minimum absolute atomic E-state index is 0. The van der Waals surface area contributed by atoms with Crippen LogP contribution >= 0.6 is 0 Å². The van der Waals surface area contributed by atoms with Crippen LogP contribution in [0.4, 0.5) is 0 Å². The predicted molar refractivity (Wildman–Crippen MR) is 25.6 cm³/mol. The third-order valence-electron chi connectivity index (χ3n) is 0. The van der Waals surface area contributed by atoms with Crippen LogP contribution in [0.25, 0.3) is 0 Å². The zero-order valence-corrected chi connectivity index (χ0v) is 16.9. The monoisotopic (exact) mass is 524 g/mol. The Morgan fingerprint density at radius 3 is 0.500 bits per heavy atom. The Hall–Kier alpha value is 3.72. The maximum atomic E-state index is 0. The minimum atomic E-state index is 0. The fourth-order valence-corrected chi connectivity index (χ4v) is 0. The molecule has 0 amide bonds. The summed E-state index contributed by atoms with van der Waals surface area (Å²) in [7, 11) is 0. The van der Waals surface area contributed by atoms with Crippen molar-refractivity contribution in [3.8, 4) is 0 Å². The summed E-state index contributed by atoms with van der Waals surface area (Å²) >= 11 is 0. The Labute approximate surface area is 109 Å². The van der Waals surface area contributed by atoms with Gasteiger partial charge in [0.25, 0.3) is 0 Å². The molecule has 0 spiro atoms. The fraction of sp³-hybridized carbons (Fsp3) is 0. The van der Waals surface area contributed by atoms with Crippen molar-refractivity contribution in [1.29, 1.82) is 0 Å². The van der Waals surface area contributed by atoms with Crippen LogP contribution in [0, 0.1) is 39.9 Å². The molecule has 0 nitrogen and oxygen atoms in total. The van der Waals surface area contributed by atoms with E-state index in [-0.39, 0.29) is 112 Å². The molecule has 0 aliphatic rings. The van der Waals surface area contributed by atoms with E-state index in [0.717, 1.165) is 0 Å². The Morgan fingerprint density at radius 2 is 0.500 bits per heavy atom. The van der Waals surface area contributed by atoms with E-state index in [1.165, 1.54) is 0 Å². The zero-order valence-electron chi connectivity index (χ0n) is 2.47. The van der Waals surface area contributed by atoms with Gasteiger partial charge in [0.15, 0.2) is 0 Å². The van der Waals surface area contributed by atoms with Gasteiger partial charge < -0.3 is 0 Å². The van der Waals surface area contributed by atoms with E-state index in [0.29, 0.717) is 0 Å². The predicted octanol–water partition coefficient (Wildman–Crippen LogP) is -2.75. The molecule has 0 fully saturated rings. The topological polar surface area (TPSA) is 0 Å². The quantitative estimate of drug-likeness (QED) is 0.305. The van der Waals surface area contributed by atoms with E-state index >= 15 is 0 Å². The SMILES string of the molecule is [Gd].[SnH2].[SnH2].[SnH2]. The molecular formula is H6GdSn3. The Balaban J connectivity index is 0.